The molecule has 4 nitrogen and oxygen atoms in total. The van der Waals surface area contributed by atoms with Gasteiger partial charge in [-0.1, -0.05) is 12.1 Å². The Balaban J connectivity index is 1.78. The lowest BCUT2D eigenvalue weighted by atomic mass is 10.1. The number of nitrogens with zero attached hydrogens (tertiary/aromatic N) is 3. The van der Waals surface area contributed by atoms with Crippen LogP contribution >= 0.6 is 0 Å². The van der Waals surface area contributed by atoms with Crippen LogP contribution in [0.25, 0.3) is 11.1 Å². The predicted octanol–water partition coefficient (Wildman–Crippen LogP) is 2.08. The van der Waals surface area contributed by atoms with Gasteiger partial charge in [0, 0.05) is 37.6 Å². The average molecular weight is 272 g/mol. The summed E-state index contributed by atoms with van der Waals surface area (Å²) in [6, 6.07) is 6.38. The monoisotopic (exact) mass is 272 g/mol. The van der Waals surface area contributed by atoms with Crippen molar-refractivity contribution >= 4 is 5.95 Å². The van der Waals surface area contributed by atoms with E-state index >= 15 is 0 Å². The number of nitrogens with one attached hydrogen (secondary N) is 1. The van der Waals surface area contributed by atoms with Gasteiger partial charge in [0.1, 0.15) is 5.82 Å². The molecule has 104 valence electrons. The Labute approximate surface area is 117 Å². The highest BCUT2D eigenvalue weighted by atomic mass is 19.1. The van der Waals surface area contributed by atoms with Crippen LogP contribution in [0.4, 0.5) is 10.3 Å². The maximum absolute atomic E-state index is 12.9. The van der Waals surface area contributed by atoms with E-state index in [-0.39, 0.29) is 5.82 Å². The van der Waals surface area contributed by atoms with E-state index in [0.29, 0.717) is 0 Å². The van der Waals surface area contributed by atoms with Crippen LogP contribution in [-0.4, -0.2) is 36.1 Å². The topological polar surface area (TPSA) is 41.1 Å². The van der Waals surface area contributed by atoms with Crippen LogP contribution in [0.3, 0.4) is 0 Å². The fourth-order valence-corrected chi connectivity index (χ4v) is 2.32. The second-order valence-electron chi connectivity index (χ2n) is 4.87. The summed E-state index contributed by atoms with van der Waals surface area (Å²) in [4.78, 5) is 11.1. The summed E-state index contributed by atoms with van der Waals surface area (Å²) >= 11 is 0. The van der Waals surface area contributed by atoms with E-state index in [4.69, 9.17) is 0 Å². The standard InChI is InChI=1S/C15H17FN4/c16-14-4-2-12(3-5-14)13-10-18-15(19-11-13)20-8-1-6-17-7-9-20/h2-5,10-11,17H,1,6-9H2. The van der Waals surface area contributed by atoms with Crippen molar-refractivity contribution in [2.45, 2.75) is 6.42 Å². The summed E-state index contributed by atoms with van der Waals surface area (Å²) in [6.45, 7) is 3.91. The molecular formula is C15H17FN4. The third-order valence-electron chi connectivity index (χ3n) is 3.44. The predicted molar refractivity (Wildman–Crippen MR) is 77.1 cm³/mol. The van der Waals surface area contributed by atoms with Crippen LogP contribution in [0, 0.1) is 5.82 Å². The van der Waals surface area contributed by atoms with Gasteiger partial charge < -0.3 is 10.2 Å². The van der Waals surface area contributed by atoms with Crippen molar-refractivity contribution in [3.63, 3.8) is 0 Å². The number of hydrogen-bond donors (Lipinski definition) is 1. The fraction of sp³-hybridized carbons (Fsp3) is 0.333. The van der Waals surface area contributed by atoms with Crippen LogP contribution in [0.15, 0.2) is 36.7 Å². The molecule has 20 heavy (non-hydrogen) atoms. The van der Waals surface area contributed by atoms with Gasteiger partial charge in [0.15, 0.2) is 0 Å². The molecule has 0 aliphatic carbocycles. The van der Waals surface area contributed by atoms with E-state index in [9.17, 15) is 4.39 Å². The number of rotatable bonds is 2. The molecule has 2 aromatic rings. The molecule has 0 radical (unpaired) electrons. The van der Waals surface area contributed by atoms with Crippen molar-refractivity contribution < 1.29 is 4.39 Å². The van der Waals surface area contributed by atoms with Gasteiger partial charge in [0.05, 0.1) is 0 Å². The number of hydrogen-bond acceptors (Lipinski definition) is 4. The van der Waals surface area contributed by atoms with Gasteiger partial charge in [-0.05, 0) is 30.7 Å². The first-order valence-corrected chi connectivity index (χ1v) is 6.86. The van der Waals surface area contributed by atoms with Gasteiger partial charge in [-0.25, -0.2) is 14.4 Å². The van der Waals surface area contributed by atoms with E-state index in [2.05, 4.69) is 20.2 Å². The molecule has 1 aromatic heterocycles. The number of halogens is 1. The Morgan fingerprint density at radius 2 is 1.70 bits per heavy atom. The molecule has 1 aromatic carbocycles. The highest BCUT2D eigenvalue weighted by molar-refractivity contribution is 5.61. The molecule has 3 rings (SSSR count). The highest BCUT2D eigenvalue weighted by Crippen LogP contribution is 2.19. The molecule has 1 aliphatic heterocycles. The van der Waals surface area contributed by atoms with Crippen LogP contribution in [0.2, 0.25) is 0 Å². The van der Waals surface area contributed by atoms with E-state index < -0.39 is 0 Å². The molecule has 5 heteroatoms. The van der Waals surface area contributed by atoms with E-state index in [1.165, 1.54) is 12.1 Å². The summed E-state index contributed by atoms with van der Waals surface area (Å²) in [7, 11) is 0. The second kappa shape index (κ2) is 5.96. The quantitative estimate of drug-likeness (QED) is 0.909. The Hall–Kier alpha value is -2.01. The van der Waals surface area contributed by atoms with Crippen molar-refractivity contribution in [1.82, 2.24) is 15.3 Å². The van der Waals surface area contributed by atoms with Gasteiger partial charge in [-0.15, -0.1) is 0 Å². The van der Waals surface area contributed by atoms with Gasteiger partial charge in [0.25, 0.3) is 0 Å². The van der Waals surface area contributed by atoms with E-state index in [1.807, 2.05) is 0 Å². The lowest BCUT2D eigenvalue weighted by molar-refractivity contribution is 0.628. The lowest BCUT2D eigenvalue weighted by Gasteiger charge is -2.19. The molecular weight excluding hydrogens is 255 g/mol. The summed E-state index contributed by atoms with van der Waals surface area (Å²) in [5, 5.41) is 3.36. The van der Waals surface area contributed by atoms with E-state index in [0.717, 1.165) is 49.7 Å². The average Bonchev–Trinajstić information content (AvgIpc) is 2.77. The van der Waals surface area contributed by atoms with Gasteiger partial charge in [-0.2, -0.15) is 0 Å². The maximum Gasteiger partial charge on any atom is 0.225 e. The highest BCUT2D eigenvalue weighted by Gasteiger charge is 2.11. The molecule has 0 saturated carbocycles. The minimum atomic E-state index is -0.233. The number of benzene rings is 1. The molecule has 0 spiro atoms. The first kappa shape index (κ1) is 13.0. The zero-order valence-electron chi connectivity index (χ0n) is 11.2. The van der Waals surface area contributed by atoms with Crippen molar-refractivity contribution in [2.24, 2.45) is 0 Å². The van der Waals surface area contributed by atoms with Gasteiger partial charge >= 0.3 is 0 Å². The van der Waals surface area contributed by atoms with Gasteiger partial charge in [-0.3, -0.25) is 0 Å². The molecule has 1 N–H and O–H groups in total. The maximum atomic E-state index is 12.9. The third kappa shape index (κ3) is 2.93. The molecule has 1 fully saturated rings. The molecule has 0 bridgehead atoms. The zero-order valence-corrected chi connectivity index (χ0v) is 11.2. The van der Waals surface area contributed by atoms with Crippen LogP contribution in [0.5, 0.6) is 0 Å². The van der Waals surface area contributed by atoms with Crippen molar-refractivity contribution in [3.05, 3.63) is 42.5 Å². The first-order chi connectivity index (χ1) is 9.83. The summed E-state index contributed by atoms with van der Waals surface area (Å²) < 4.78 is 12.9. The normalized spacial score (nSPS) is 15.9. The zero-order chi connectivity index (χ0) is 13.8. The third-order valence-corrected chi connectivity index (χ3v) is 3.44. The minimum absolute atomic E-state index is 0.233. The fourth-order valence-electron chi connectivity index (χ4n) is 2.32. The van der Waals surface area contributed by atoms with Crippen molar-refractivity contribution in [3.8, 4) is 11.1 Å². The first-order valence-electron chi connectivity index (χ1n) is 6.86. The molecule has 0 unspecified atom stereocenters. The molecule has 1 saturated heterocycles. The van der Waals surface area contributed by atoms with Crippen molar-refractivity contribution in [2.75, 3.05) is 31.1 Å². The molecule has 2 heterocycles. The van der Waals surface area contributed by atoms with Crippen LogP contribution in [0.1, 0.15) is 6.42 Å². The largest absolute Gasteiger partial charge is 0.340 e. The van der Waals surface area contributed by atoms with Gasteiger partial charge in [0.2, 0.25) is 5.95 Å². The molecule has 1 aliphatic rings. The Morgan fingerprint density at radius 3 is 2.45 bits per heavy atom. The Morgan fingerprint density at radius 1 is 0.950 bits per heavy atom. The van der Waals surface area contributed by atoms with Crippen molar-refractivity contribution in [1.29, 1.82) is 0 Å². The molecule has 0 atom stereocenters. The van der Waals surface area contributed by atoms with Crippen LogP contribution < -0.4 is 10.2 Å². The Kier molecular flexibility index (Phi) is 3.87. The summed E-state index contributed by atoms with van der Waals surface area (Å²) in [5.41, 5.74) is 1.83. The van der Waals surface area contributed by atoms with Crippen LogP contribution in [-0.2, 0) is 0 Å². The Bertz CT molecular complexity index is 545. The molecule has 0 amide bonds. The van der Waals surface area contributed by atoms with E-state index in [1.54, 1.807) is 24.5 Å². The smallest absolute Gasteiger partial charge is 0.225 e. The minimum Gasteiger partial charge on any atom is -0.340 e. The summed E-state index contributed by atoms with van der Waals surface area (Å²) in [6.07, 6.45) is 4.70. The number of anilines is 1. The summed E-state index contributed by atoms with van der Waals surface area (Å²) in [5.74, 6) is 0.530. The number of aromatic nitrogens is 2. The lowest BCUT2D eigenvalue weighted by Crippen LogP contribution is -2.29. The second-order valence-corrected chi connectivity index (χ2v) is 4.87. The SMILES string of the molecule is Fc1ccc(-c2cnc(N3CCCNCC3)nc2)cc1.